The Balaban J connectivity index is 2.25. The summed E-state index contributed by atoms with van der Waals surface area (Å²) in [7, 11) is -2.48. The molecule has 0 bridgehead atoms. The van der Waals surface area contributed by atoms with Gasteiger partial charge in [-0.25, -0.2) is 8.42 Å². The third kappa shape index (κ3) is 2.88. The molecule has 1 fully saturated rings. The van der Waals surface area contributed by atoms with Crippen LogP contribution in [0.5, 0.6) is 0 Å². The molecule has 106 valence electrons. The normalized spacial score (nSPS) is 18.9. The van der Waals surface area contributed by atoms with Crippen molar-refractivity contribution in [2.75, 3.05) is 13.6 Å². The van der Waals surface area contributed by atoms with Gasteiger partial charge in [0.25, 0.3) is 0 Å². The van der Waals surface area contributed by atoms with Crippen molar-refractivity contribution in [1.29, 1.82) is 0 Å². The molecule has 1 saturated carbocycles. The summed E-state index contributed by atoms with van der Waals surface area (Å²) in [6.07, 6.45) is 5.54. The summed E-state index contributed by atoms with van der Waals surface area (Å²) in [6, 6.07) is 1.17. The highest BCUT2D eigenvalue weighted by atomic mass is 32.2. The molecule has 0 saturated heterocycles. The Hall–Kier alpha value is -1.18. The number of aromatic amines is 1. The van der Waals surface area contributed by atoms with Crippen molar-refractivity contribution in [3.05, 3.63) is 28.7 Å². The van der Waals surface area contributed by atoms with E-state index in [2.05, 4.69) is 4.98 Å². The minimum atomic E-state index is -3.87. The molecule has 2 N–H and O–H groups in total. The summed E-state index contributed by atoms with van der Waals surface area (Å²) in [5.41, 5.74) is -1.52. The summed E-state index contributed by atoms with van der Waals surface area (Å²) in [5, 5.41) is 10.2. The molecule has 0 aromatic carbocycles. The van der Waals surface area contributed by atoms with Crippen LogP contribution in [-0.2, 0) is 10.0 Å². The Bertz CT molecular complexity index is 602. The van der Waals surface area contributed by atoms with Gasteiger partial charge in [0, 0.05) is 32.1 Å². The highest BCUT2D eigenvalue weighted by molar-refractivity contribution is 7.89. The molecule has 7 heteroatoms. The summed E-state index contributed by atoms with van der Waals surface area (Å²) < 4.78 is 25.6. The van der Waals surface area contributed by atoms with Crippen LogP contribution in [0.1, 0.15) is 25.7 Å². The zero-order valence-electron chi connectivity index (χ0n) is 10.8. The maximum atomic E-state index is 12.3. The molecule has 0 atom stereocenters. The van der Waals surface area contributed by atoms with Gasteiger partial charge in [0.05, 0.1) is 5.60 Å². The van der Waals surface area contributed by atoms with Gasteiger partial charge in [-0.05, 0) is 12.8 Å². The van der Waals surface area contributed by atoms with Crippen LogP contribution in [0.3, 0.4) is 0 Å². The molecule has 1 aromatic heterocycles. The molecule has 0 aliphatic heterocycles. The Morgan fingerprint density at radius 2 is 2.05 bits per heavy atom. The highest BCUT2D eigenvalue weighted by Crippen LogP contribution is 2.30. The van der Waals surface area contributed by atoms with Crippen LogP contribution in [-0.4, -0.2) is 42.0 Å². The number of aromatic nitrogens is 1. The van der Waals surface area contributed by atoms with Crippen LogP contribution < -0.4 is 5.43 Å². The van der Waals surface area contributed by atoms with Crippen molar-refractivity contribution in [2.45, 2.75) is 36.2 Å². The molecule has 0 radical (unpaired) electrons. The minimum absolute atomic E-state index is 0.0175. The van der Waals surface area contributed by atoms with E-state index in [1.807, 2.05) is 0 Å². The molecular weight excluding hydrogens is 268 g/mol. The highest BCUT2D eigenvalue weighted by Gasteiger charge is 2.36. The zero-order valence-corrected chi connectivity index (χ0v) is 11.6. The van der Waals surface area contributed by atoms with Gasteiger partial charge in [0.2, 0.25) is 15.5 Å². The van der Waals surface area contributed by atoms with Crippen molar-refractivity contribution in [3.8, 4) is 0 Å². The largest absolute Gasteiger partial charge is 0.389 e. The Morgan fingerprint density at radius 1 is 1.42 bits per heavy atom. The minimum Gasteiger partial charge on any atom is -0.389 e. The molecule has 1 aromatic rings. The fraction of sp³-hybridized carbons (Fsp3) is 0.583. The molecule has 0 amide bonds. The number of likely N-dealkylation sites (N-methyl/N-ethyl adjacent to an activating group) is 1. The van der Waals surface area contributed by atoms with Crippen molar-refractivity contribution < 1.29 is 13.5 Å². The molecule has 6 nitrogen and oxygen atoms in total. The third-order valence-corrected chi connectivity index (χ3v) is 5.35. The second-order valence-electron chi connectivity index (χ2n) is 5.07. The number of H-pyrrole nitrogens is 1. The first-order valence-electron chi connectivity index (χ1n) is 6.21. The van der Waals surface area contributed by atoms with E-state index >= 15 is 0 Å². The number of sulfonamides is 1. The number of pyridine rings is 1. The van der Waals surface area contributed by atoms with E-state index in [1.165, 1.54) is 25.5 Å². The van der Waals surface area contributed by atoms with Gasteiger partial charge < -0.3 is 10.1 Å². The lowest BCUT2D eigenvalue weighted by molar-refractivity contribution is 0.0333. The van der Waals surface area contributed by atoms with Crippen LogP contribution >= 0.6 is 0 Å². The monoisotopic (exact) mass is 286 g/mol. The number of nitrogens with zero attached hydrogens (tertiary/aromatic N) is 1. The SMILES string of the molecule is CN(CC1(O)CCCC1)S(=O)(=O)c1c[nH]ccc1=O. The number of nitrogens with one attached hydrogen (secondary N) is 1. The lowest BCUT2D eigenvalue weighted by Crippen LogP contribution is -2.42. The van der Waals surface area contributed by atoms with Crippen LogP contribution in [0, 0.1) is 0 Å². The predicted octanol–water partition coefficient (Wildman–Crippen LogP) is 0.301. The fourth-order valence-electron chi connectivity index (χ4n) is 2.46. The maximum Gasteiger partial charge on any atom is 0.248 e. The summed E-state index contributed by atoms with van der Waals surface area (Å²) >= 11 is 0. The number of hydrogen-bond donors (Lipinski definition) is 2. The van der Waals surface area contributed by atoms with Gasteiger partial charge in [-0.3, -0.25) is 4.79 Å². The van der Waals surface area contributed by atoms with Crippen LogP contribution in [0.2, 0.25) is 0 Å². The first kappa shape index (κ1) is 14.2. The first-order valence-corrected chi connectivity index (χ1v) is 7.65. The number of rotatable bonds is 4. The molecular formula is C12H18N2O4S. The van der Waals surface area contributed by atoms with E-state index in [0.717, 1.165) is 17.1 Å². The van der Waals surface area contributed by atoms with E-state index in [0.29, 0.717) is 12.8 Å². The molecule has 0 spiro atoms. The topological polar surface area (TPSA) is 90.5 Å². The average molecular weight is 286 g/mol. The van der Waals surface area contributed by atoms with E-state index in [9.17, 15) is 18.3 Å². The quantitative estimate of drug-likeness (QED) is 0.833. The van der Waals surface area contributed by atoms with Gasteiger partial charge in [-0.1, -0.05) is 12.8 Å². The summed E-state index contributed by atoms with van der Waals surface area (Å²) in [4.78, 5) is 13.9. The zero-order chi connectivity index (χ0) is 14.1. The van der Waals surface area contributed by atoms with Gasteiger partial charge in [-0.2, -0.15) is 4.31 Å². The standard InChI is InChI=1S/C12H18N2O4S/c1-14(9-12(16)5-2-3-6-12)19(17,18)11-8-13-7-4-10(11)15/h4,7-8,16H,2-3,5-6,9H2,1H3,(H,13,15). The maximum absolute atomic E-state index is 12.3. The lowest BCUT2D eigenvalue weighted by atomic mass is 10.0. The average Bonchev–Trinajstić information content (AvgIpc) is 2.76. The van der Waals surface area contributed by atoms with Gasteiger partial charge in [-0.15, -0.1) is 0 Å². The molecule has 1 heterocycles. The van der Waals surface area contributed by atoms with Crippen LogP contribution in [0.15, 0.2) is 28.2 Å². The van der Waals surface area contributed by atoms with Gasteiger partial charge in [0.1, 0.15) is 4.90 Å². The predicted molar refractivity (Wildman–Crippen MR) is 70.3 cm³/mol. The second kappa shape index (κ2) is 5.07. The van der Waals surface area contributed by atoms with Crippen LogP contribution in [0.25, 0.3) is 0 Å². The Kier molecular flexibility index (Phi) is 3.80. The summed E-state index contributed by atoms with van der Waals surface area (Å²) in [6.45, 7) is 0.0175. The lowest BCUT2D eigenvalue weighted by Gasteiger charge is -2.27. The van der Waals surface area contributed by atoms with Gasteiger partial charge in [0.15, 0.2) is 0 Å². The molecule has 19 heavy (non-hydrogen) atoms. The van der Waals surface area contributed by atoms with E-state index < -0.39 is 21.1 Å². The van der Waals surface area contributed by atoms with E-state index in [4.69, 9.17) is 0 Å². The number of aliphatic hydroxyl groups is 1. The smallest absolute Gasteiger partial charge is 0.248 e. The van der Waals surface area contributed by atoms with Crippen molar-refractivity contribution >= 4 is 10.0 Å². The second-order valence-corrected chi connectivity index (χ2v) is 7.08. The summed E-state index contributed by atoms with van der Waals surface area (Å²) in [5.74, 6) is 0. The molecule has 2 rings (SSSR count). The van der Waals surface area contributed by atoms with Crippen molar-refractivity contribution in [1.82, 2.24) is 9.29 Å². The van der Waals surface area contributed by atoms with E-state index in [1.54, 1.807) is 0 Å². The molecule has 1 aliphatic rings. The van der Waals surface area contributed by atoms with Crippen molar-refractivity contribution in [2.24, 2.45) is 0 Å². The molecule has 0 unspecified atom stereocenters. The number of hydrogen-bond acceptors (Lipinski definition) is 4. The van der Waals surface area contributed by atoms with Crippen molar-refractivity contribution in [3.63, 3.8) is 0 Å². The Morgan fingerprint density at radius 3 is 2.63 bits per heavy atom. The first-order chi connectivity index (χ1) is 8.85. The fourth-order valence-corrected chi connectivity index (χ4v) is 3.75. The van der Waals surface area contributed by atoms with Gasteiger partial charge >= 0.3 is 0 Å². The third-order valence-electron chi connectivity index (χ3n) is 3.53. The van der Waals surface area contributed by atoms with Crippen LogP contribution in [0.4, 0.5) is 0 Å². The van der Waals surface area contributed by atoms with E-state index in [-0.39, 0.29) is 11.4 Å². The molecule has 1 aliphatic carbocycles. The Labute approximate surface area is 112 Å².